The van der Waals surface area contributed by atoms with Crippen LogP contribution in [0, 0.1) is 12.8 Å². The number of hydrogen-bond donors (Lipinski definition) is 1. The highest BCUT2D eigenvalue weighted by molar-refractivity contribution is 5.02. The lowest BCUT2D eigenvalue weighted by molar-refractivity contribution is 0.110. The predicted molar refractivity (Wildman–Crippen MR) is 82.5 cm³/mol. The number of piperazine rings is 1. The van der Waals surface area contributed by atoms with Gasteiger partial charge in [0.25, 0.3) is 0 Å². The molecule has 1 saturated heterocycles. The van der Waals surface area contributed by atoms with Gasteiger partial charge in [0.05, 0.1) is 5.69 Å². The molecule has 2 rings (SSSR count). The molecule has 20 heavy (non-hydrogen) atoms. The molecule has 0 spiro atoms. The number of nitrogens with one attached hydrogen (secondary N) is 1. The molecule has 0 aliphatic carbocycles. The van der Waals surface area contributed by atoms with E-state index in [1.165, 1.54) is 12.8 Å². The van der Waals surface area contributed by atoms with Crippen LogP contribution < -0.4 is 5.32 Å². The van der Waals surface area contributed by atoms with E-state index in [1.54, 1.807) is 0 Å². The summed E-state index contributed by atoms with van der Waals surface area (Å²) >= 11 is 0. The van der Waals surface area contributed by atoms with E-state index in [9.17, 15) is 0 Å². The van der Waals surface area contributed by atoms with Gasteiger partial charge in [-0.3, -0.25) is 4.90 Å². The smallest absolute Gasteiger partial charge is 0.125 e. The Balaban J connectivity index is 2.01. The standard InChI is InChI=1S/C16H28N4/c1-5-16-9-18-15(8-12(2)3)11-20(16)10-14-6-7-17-13(4)19-14/h6-7,12,15-16,18H,5,8-11H2,1-4H3. The largest absolute Gasteiger partial charge is 0.311 e. The summed E-state index contributed by atoms with van der Waals surface area (Å²) in [6.45, 7) is 12.0. The van der Waals surface area contributed by atoms with Crippen molar-refractivity contribution in [2.75, 3.05) is 13.1 Å². The van der Waals surface area contributed by atoms with Gasteiger partial charge in [0, 0.05) is 37.9 Å². The number of rotatable bonds is 5. The first-order valence-electron chi connectivity index (χ1n) is 7.84. The Morgan fingerprint density at radius 2 is 2.25 bits per heavy atom. The third-order valence-corrected chi connectivity index (χ3v) is 4.04. The highest BCUT2D eigenvalue weighted by atomic mass is 15.2. The topological polar surface area (TPSA) is 41.0 Å². The van der Waals surface area contributed by atoms with E-state index in [1.807, 2.05) is 19.2 Å². The van der Waals surface area contributed by atoms with Crippen LogP contribution in [0.15, 0.2) is 12.3 Å². The summed E-state index contributed by atoms with van der Waals surface area (Å²) < 4.78 is 0. The maximum Gasteiger partial charge on any atom is 0.125 e. The molecule has 0 radical (unpaired) electrons. The van der Waals surface area contributed by atoms with E-state index < -0.39 is 0 Å². The second kappa shape index (κ2) is 7.14. The van der Waals surface area contributed by atoms with Gasteiger partial charge in [0.2, 0.25) is 0 Å². The van der Waals surface area contributed by atoms with E-state index in [0.29, 0.717) is 12.1 Å². The van der Waals surface area contributed by atoms with E-state index in [0.717, 1.165) is 37.1 Å². The Morgan fingerprint density at radius 3 is 2.90 bits per heavy atom. The van der Waals surface area contributed by atoms with E-state index in [4.69, 9.17) is 0 Å². The lowest BCUT2D eigenvalue weighted by atomic mass is 9.99. The summed E-state index contributed by atoms with van der Waals surface area (Å²) in [5.41, 5.74) is 1.14. The van der Waals surface area contributed by atoms with Crippen LogP contribution in [0.4, 0.5) is 0 Å². The molecular formula is C16H28N4. The minimum absolute atomic E-state index is 0.612. The molecular weight excluding hydrogens is 248 g/mol. The third-order valence-electron chi connectivity index (χ3n) is 4.04. The van der Waals surface area contributed by atoms with Gasteiger partial charge in [0.15, 0.2) is 0 Å². The summed E-state index contributed by atoms with van der Waals surface area (Å²) in [6.07, 6.45) is 4.30. The van der Waals surface area contributed by atoms with Crippen LogP contribution in [0.25, 0.3) is 0 Å². The van der Waals surface area contributed by atoms with Gasteiger partial charge in [-0.2, -0.15) is 0 Å². The van der Waals surface area contributed by atoms with E-state index in [2.05, 4.69) is 41.0 Å². The van der Waals surface area contributed by atoms with E-state index in [-0.39, 0.29) is 0 Å². The number of aryl methyl sites for hydroxylation is 1. The Morgan fingerprint density at radius 1 is 1.45 bits per heavy atom. The number of hydrogen-bond acceptors (Lipinski definition) is 4. The maximum absolute atomic E-state index is 4.55. The molecule has 2 unspecified atom stereocenters. The first-order chi connectivity index (χ1) is 9.58. The predicted octanol–water partition coefficient (Wildman–Crippen LogP) is 2.38. The summed E-state index contributed by atoms with van der Waals surface area (Å²) in [4.78, 5) is 11.3. The van der Waals surface area contributed by atoms with Gasteiger partial charge < -0.3 is 5.32 Å². The molecule has 4 nitrogen and oxygen atoms in total. The van der Waals surface area contributed by atoms with Crippen LogP contribution in [0.1, 0.15) is 45.1 Å². The second-order valence-corrected chi connectivity index (χ2v) is 6.32. The summed E-state index contributed by atoms with van der Waals surface area (Å²) in [7, 11) is 0. The van der Waals surface area contributed by atoms with Crippen LogP contribution in [0.5, 0.6) is 0 Å². The SMILES string of the molecule is CCC1CNC(CC(C)C)CN1Cc1ccnc(C)n1. The molecule has 112 valence electrons. The van der Waals surface area contributed by atoms with Gasteiger partial charge in [-0.15, -0.1) is 0 Å². The Bertz CT molecular complexity index is 419. The van der Waals surface area contributed by atoms with Gasteiger partial charge >= 0.3 is 0 Å². The zero-order valence-corrected chi connectivity index (χ0v) is 13.3. The highest BCUT2D eigenvalue weighted by Gasteiger charge is 2.27. The van der Waals surface area contributed by atoms with Crippen molar-refractivity contribution >= 4 is 0 Å². The fraction of sp³-hybridized carbons (Fsp3) is 0.750. The summed E-state index contributed by atoms with van der Waals surface area (Å²) in [5.74, 6) is 1.61. The molecule has 1 fully saturated rings. The molecule has 1 N–H and O–H groups in total. The molecule has 0 aromatic carbocycles. The molecule has 1 aliphatic heterocycles. The minimum Gasteiger partial charge on any atom is -0.311 e. The van der Waals surface area contributed by atoms with Crippen molar-refractivity contribution in [1.82, 2.24) is 20.2 Å². The average Bonchev–Trinajstić information content (AvgIpc) is 2.38. The lowest BCUT2D eigenvalue weighted by Crippen LogP contribution is -2.56. The van der Waals surface area contributed by atoms with Crippen molar-refractivity contribution in [3.8, 4) is 0 Å². The molecule has 1 aromatic rings. The Hall–Kier alpha value is -1.00. The molecule has 2 atom stereocenters. The van der Waals surface area contributed by atoms with Crippen molar-refractivity contribution in [2.45, 2.75) is 59.2 Å². The first-order valence-corrected chi connectivity index (χ1v) is 7.84. The maximum atomic E-state index is 4.55. The van der Waals surface area contributed by atoms with Gasteiger partial charge in [-0.1, -0.05) is 20.8 Å². The van der Waals surface area contributed by atoms with Crippen molar-refractivity contribution in [2.24, 2.45) is 5.92 Å². The lowest BCUT2D eigenvalue weighted by Gasteiger charge is -2.40. The normalized spacial score (nSPS) is 24.2. The quantitative estimate of drug-likeness (QED) is 0.896. The summed E-state index contributed by atoms with van der Waals surface area (Å²) in [6, 6.07) is 3.27. The van der Waals surface area contributed by atoms with Crippen molar-refractivity contribution < 1.29 is 0 Å². The van der Waals surface area contributed by atoms with Crippen LogP contribution >= 0.6 is 0 Å². The Kier molecular flexibility index (Phi) is 5.49. The Labute approximate surface area is 123 Å². The number of aromatic nitrogens is 2. The minimum atomic E-state index is 0.612. The van der Waals surface area contributed by atoms with Gasteiger partial charge in [-0.25, -0.2) is 9.97 Å². The van der Waals surface area contributed by atoms with Gasteiger partial charge in [-0.05, 0) is 31.7 Å². The fourth-order valence-corrected chi connectivity index (χ4v) is 3.05. The molecule has 1 aliphatic rings. The van der Waals surface area contributed by atoms with E-state index >= 15 is 0 Å². The fourth-order valence-electron chi connectivity index (χ4n) is 3.05. The van der Waals surface area contributed by atoms with Crippen LogP contribution in [-0.4, -0.2) is 40.0 Å². The van der Waals surface area contributed by atoms with Crippen LogP contribution in [0.2, 0.25) is 0 Å². The zero-order valence-electron chi connectivity index (χ0n) is 13.3. The van der Waals surface area contributed by atoms with Crippen LogP contribution in [-0.2, 0) is 6.54 Å². The number of nitrogens with zero attached hydrogens (tertiary/aromatic N) is 3. The van der Waals surface area contributed by atoms with Crippen molar-refractivity contribution in [3.63, 3.8) is 0 Å². The molecule has 4 heteroatoms. The van der Waals surface area contributed by atoms with Crippen molar-refractivity contribution in [3.05, 3.63) is 23.8 Å². The van der Waals surface area contributed by atoms with Crippen molar-refractivity contribution in [1.29, 1.82) is 0 Å². The molecule has 1 aromatic heterocycles. The zero-order chi connectivity index (χ0) is 14.5. The van der Waals surface area contributed by atoms with Crippen LogP contribution in [0.3, 0.4) is 0 Å². The molecule has 0 bridgehead atoms. The van der Waals surface area contributed by atoms with Gasteiger partial charge in [0.1, 0.15) is 5.82 Å². The highest BCUT2D eigenvalue weighted by Crippen LogP contribution is 2.17. The average molecular weight is 276 g/mol. The molecule has 2 heterocycles. The first kappa shape index (κ1) is 15.4. The third kappa shape index (κ3) is 4.25. The summed E-state index contributed by atoms with van der Waals surface area (Å²) in [5, 5.41) is 3.70. The monoisotopic (exact) mass is 276 g/mol. The molecule has 0 saturated carbocycles. The molecule has 0 amide bonds. The second-order valence-electron chi connectivity index (χ2n) is 6.32.